The predicted molar refractivity (Wildman–Crippen MR) is 78.7 cm³/mol. The third-order valence-corrected chi connectivity index (χ3v) is 5.11. The number of benzene rings is 1. The minimum atomic E-state index is 0.462. The van der Waals surface area contributed by atoms with Crippen LogP contribution in [-0.2, 0) is 0 Å². The predicted octanol–water partition coefficient (Wildman–Crippen LogP) is 4.05. The normalized spacial score (nSPS) is 29.9. The lowest BCUT2D eigenvalue weighted by Gasteiger charge is -2.21. The highest BCUT2D eigenvalue weighted by Gasteiger charge is 2.55. The van der Waals surface area contributed by atoms with Crippen molar-refractivity contribution in [1.29, 1.82) is 0 Å². The Balaban J connectivity index is 1.82. The summed E-state index contributed by atoms with van der Waals surface area (Å²) >= 11 is 6.27. The van der Waals surface area contributed by atoms with Gasteiger partial charge in [0, 0.05) is 6.04 Å². The van der Waals surface area contributed by atoms with E-state index in [-0.39, 0.29) is 0 Å². The molecule has 19 heavy (non-hydrogen) atoms. The summed E-state index contributed by atoms with van der Waals surface area (Å²) < 4.78 is 5.24. The van der Waals surface area contributed by atoms with E-state index in [0.717, 1.165) is 30.0 Å². The van der Waals surface area contributed by atoms with Crippen molar-refractivity contribution in [2.75, 3.05) is 13.7 Å². The van der Waals surface area contributed by atoms with Gasteiger partial charge in [-0.25, -0.2) is 0 Å². The van der Waals surface area contributed by atoms with Crippen LogP contribution in [0.2, 0.25) is 5.02 Å². The number of hydrogen-bond donors (Lipinski definition) is 1. The van der Waals surface area contributed by atoms with E-state index in [1.165, 1.54) is 24.8 Å². The van der Waals surface area contributed by atoms with E-state index in [1.54, 1.807) is 7.11 Å². The molecule has 0 aliphatic heterocycles. The lowest BCUT2D eigenvalue weighted by atomic mass is 9.96. The van der Waals surface area contributed by atoms with Crippen LogP contribution in [0.4, 0.5) is 0 Å². The van der Waals surface area contributed by atoms with Gasteiger partial charge in [0.2, 0.25) is 0 Å². The quantitative estimate of drug-likeness (QED) is 0.878. The van der Waals surface area contributed by atoms with Gasteiger partial charge in [0.25, 0.3) is 0 Å². The van der Waals surface area contributed by atoms with Crippen molar-refractivity contribution in [3.63, 3.8) is 0 Å². The van der Waals surface area contributed by atoms with Gasteiger partial charge < -0.3 is 10.1 Å². The third kappa shape index (κ3) is 2.36. The maximum absolute atomic E-state index is 6.27. The van der Waals surface area contributed by atoms with Crippen molar-refractivity contribution in [1.82, 2.24) is 5.32 Å². The summed E-state index contributed by atoms with van der Waals surface area (Å²) in [6.07, 6.45) is 4.26. The highest BCUT2D eigenvalue weighted by molar-refractivity contribution is 6.32. The van der Waals surface area contributed by atoms with Crippen LogP contribution in [0.3, 0.4) is 0 Å². The van der Waals surface area contributed by atoms with Crippen molar-refractivity contribution >= 4 is 11.6 Å². The molecule has 0 saturated heterocycles. The summed E-state index contributed by atoms with van der Waals surface area (Å²) in [7, 11) is 1.66. The average Bonchev–Trinajstić information content (AvgIpc) is 2.87. The van der Waals surface area contributed by atoms with E-state index in [0.29, 0.717) is 11.1 Å². The number of methoxy groups -OCH3 is 1. The van der Waals surface area contributed by atoms with Crippen molar-refractivity contribution < 1.29 is 4.74 Å². The Bertz CT molecular complexity index is 452. The number of hydrogen-bond acceptors (Lipinski definition) is 2. The smallest absolute Gasteiger partial charge is 0.137 e. The first-order valence-corrected chi connectivity index (χ1v) is 7.71. The second-order valence-corrected chi connectivity index (χ2v) is 6.17. The van der Waals surface area contributed by atoms with E-state index in [1.807, 2.05) is 6.07 Å². The number of ether oxygens (including phenoxy) is 1. The van der Waals surface area contributed by atoms with Crippen molar-refractivity contribution in [3.8, 4) is 5.75 Å². The Labute approximate surface area is 120 Å². The van der Waals surface area contributed by atoms with Gasteiger partial charge >= 0.3 is 0 Å². The Hall–Kier alpha value is -0.730. The molecule has 0 aromatic heterocycles. The highest BCUT2D eigenvalue weighted by Crippen LogP contribution is 2.62. The van der Waals surface area contributed by atoms with E-state index in [2.05, 4.69) is 24.4 Å². The van der Waals surface area contributed by atoms with Gasteiger partial charge in [-0.05, 0) is 54.8 Å². The summed E-state index contributed by atoms with van der Waals surface area (Å²) in [6, 6.07) is 6.68. The fraction of sp³-hybridized carbons (Fsp3) is 0.625. The molecule has 104 valence electrons. The summed E-state index contributed by atoms with van der Waals surface area (Å²) in [6.45, 7) is 3.18. The van der Waals surface area contributed by atoms with E-state index >= 15 is 0 Å². The minimum absolute atomic E-state index is 0.462. The Morgan fingerprint density at radius 3 is 2.68 bits per heavy atom. The standard InChI is InChI=1S/C16H22ClNO/c1-3-18-16(15-11-5-4-6-12(11)15)10-7-8-14(19-2)13(17)9-10/h7-9,11-12,15-16,18H,3-6H2,1-2H3. The molecule has 0 heterocycles. The molecule has 2 aliphatic carbocycles. The van der Waals surface area contributed by atoms with Gasteiger partial charge in [0.05, 0.1) is 12.1 Å². The molecule has 2 fully saturated rings. The molecule has 2 aliphatic rings. The molecule has 1 aromatic carbocycles. The van der Waals surface area contributed by atoms with Crippen LogP contribution < -0.4 is 10.1 Å². The SMILES string of the molecule is CCNC(c1ccc(OC)c(Cl)c1)C1C2CCCC21. The molecular formula is C16H22ClNO. The van der Waals surface area contributed by atoms with Gasteiger partial charge in [-0.2, -0.15) is 0 Å². The van der Waals surface area contributed by atoms with E-state index in [9.17, 15) is 0 Å². The number of nitrogens with one attached hydrogen (secondary N) is 1. The largest absolute Gasteiger partial charge is 0.495 e. The summed E-state index contributed by atoms with van der Waals surface area (Å²) in [5, 5.41) is 4.37. The molecule has 2 saturated carbocycles. The van der Waals surface area contributed by atoms with Crippen LogP contribution in [0, 0.1) is 17.8 Å². The minimum Gasteiger partial charge on any atom is -0.495 e. The molecule has 0 bridgehead atoms. The van der Waals surface area contributed by atoms with Gasteiger partial charge in [-0.15, -0.1) is 0 Å². The van der Waals surface area contributed by atoms with Crippen molar-refractivity contribution in [2.24, 2.45) is 17.8 Å². The number of fused-ring (bicyclic) bond motifs is 1. The van der Waals surface area contributed by atoms with Crippen LogP contribution in [0.1, 0.15) is 37.8 Å². The van der Waals surface area contributed by atoms with E-state index in [4.69, 9.17) is 16.3 Å². The third-order valence-electron chi connectivity index (χ3n) is 4.82. The van der Waals surface area contributed by atoms with Crippen molar-refractivity contribution in [2.45, 2.75) is 32.2 Å². The molecule has 3 rings (SSSR count). The zero-order chi connectivity index (χ0) is 13.4. The first-order chi connectivity index (χ1) is 9.26. The summed E-state index contributed by atoms with van der Waals surface area (Å²) in [5.74, 6) is 3.48. The zero-order valence-electron chi connectivity index (χ0n) is 11.7. The van der Waals surface area contributed by atoms with Gasteiger partial charge in [-0.1, -0.05) is 31.0 Å². The molecule has 0 radical (unpaired) electrons. The van der Waals surface area contributed by atoms with Crippen LogP contribution in [-0.4, -0.2) is 13.7 Å². The Morgan fingerprint density at radius 2 is 2.11 bits per heavy atom. The monoisotopic (exact) mass is 279 g/mol. The molecule has 2 nitrogen and oxygen atoms in total. The first kappa shape index (κ1) is 13.3. The van der Waals surface area contributed by atoms with Crippen LogP contribution >= 0.6 is 11.6 Å². The Kier molecular flexibility index (Phi) is 3.72. The van der Waals surface area contributed by atoms with Crippen molar-refractivity contribution in [3.05, 3.63) is 28.8 Å². The summed E-state index contributed by atoms with van der Waals surface area (Å²) in [5.41, 5.74) is 1.31. The second-order valence-electron chi connectivity index (χ2n) is 5.77. The van der Waals surface area contributed by atoms with Gasteiger partial charge in [-0.3, -0.25) is 0 Å². The van der Waals surface area contributed by atoms with Gasteiger partial charge in [0.1, 0.15) is 5.75 Å². The van der Waals surface area contributed by atoms with Crippen LogP contribution in [0.25, 0.3) is 0 Å². The lowest BCUT2D eigenvalue weighted by Crippen LogP contribution is -2.24. The molecule has 0 amide bonds. The number of rotatable bonds is 5. The lowest BCUT2D eigenvalue weighted by molar-refractivity contribution is 0.411. The summed E-state index contributed by atoms with van der Waals surface area (Å²) in [4.78, 5) is 0. The fourth-order valence-electron chi connectivity index (χ4n) is 3.94. The van der Waals surface area contributed by atoms with Gasteiger partial charge in [0.15, 0.2) is 0 Å². The molecule has 3 unspecified atom stereocenters. The highest BCUT2D eigenvalue weighted by atomic mass is 35.5. The average molecular weight is 280 g/mol. The molecule has 3 heteroatoms. The maximum atomic E-state index is 6.27. The van der Waals surface area contributed by atoms with E-state index < -0.39 is 0 Å². The van der Waals surface area contributed by atoms with Crippen LogP contribution in [0.15, 0.2) is 18.2 Å². The topological polar surface area (TPSA) is 21.3 Å². The molecule has 1 aromatic rings. The molecule has 1 N–H and O–H groups in total. The second kappa shape index (κ2) is 5.34. The molecule has 3 atom stereocenters. The number of halogens is 1. The molecular weight excluding hydrogens is 258 g/mol. The molecule has 0 spiro atoms. The Morgan fingerprint density at radius 1 is 1.37 bits per heavy atom. The maximum Gasteiger partial charge on any atom is 0.137 e. The van der Waals surface area contributed by atoms with Crippen LogP contribution in [0.5, 0.6) is 5.75 Å². The zero-order valence-corrected chi connectivity index (χ0v) is 12.4. The first-order valence-electron chi connectivity index (χ1n) is 7.33. The fourth-order valence-corrected chi connectivity index (χ4v) is 4.21.